The van der Waals surface area contributed by atoms with Crippen LogP contribution < -0.4 is 10.2 Å². The van der Waals surface area contributed by atoms with Gasteiger partial charge in [0.2, 0.25) is 5.91 Å². The first kappa shape index (κ1) is 13.5. The molecule has 1 aromatic carbocycles. The molecular weight excluding hydrogens is 248 g/mol. The number of amides is 1. The maximum absolute atomic E-state index is 12.0. The molecule has 3 rings (SSSR count). The van der Waals surface area contributed by atoms with E-state index in [1.807, 2.05) is 11.0 Å². The van der Waals surface area contributed by atoms with Crippen LogP contribution in [0.4, 0.5) is 11.4 Å². The van der Waals surface area contributed by atoms with E-state index >= 15 is 0 Å². The molecule has 1 aromatic rings. The Morgan fingerprint density at radius 1 is 1.25 bits per heavy atom. The van der Waals surface area contributed by atoms with Crippen molar-refractivity contribution in [3.8, 4) is 0 Å². The van der Waals surface area contributed by atoms with Gasteiger partial charge in [0.1, 0.15) is 0 Å². The zero-order valence-corrected chi connectivity index (χ0v) is 12.3. The molecule has 1 aliphatic heterocycles. The Labute approximate surface area is 121 Å². The number of benzene rings is 1. The van der Waals surface area contributed by atoms with E-state index in [2.05, 4.69) is 30.4 Å². The Kier molecular flexibility index (Phi) is 3.95. The van der Waals surface area contributed by atoms with Crippen LogP contribution in [0.2, 0.25) is 0 Å². The topological polar surface area (TPSA) is 32.3 Å². The average Bonchev–Trinajstić information content (AvgIpc) is 3.08. The van der Waals surface area contributed by atoms with E-state index in [1.165, 1.54) is 25.7 Å². The number of hydrogen-bond donors (Lipinski definition) is 1. The van der Waals surface area contributed by atoms with Crippen molar-refractivity contribution < 1.29 is 4.79 Å². The summed E-state index contributed by atoms with van der Waals surface area (Å²) in [5.74, 6) is 1.04. The van der Waals surface area contributed by atoms with Gasteiger partial charge in [-0.25, -0.2) is 0 Å². The van der Waals surface area contributed by atoms with Crippen LogP contribution in [0.5, 0.6) is 0 Å². The summed E-state index contributed by atoms with van der Waals surface area (Å²) in [6.07, 6.45) is 6.81. The molecule has 1 saturated heterocycles. The molecular formula is C17H24N2O. The second-order valence-corrected chi connectivity index (χ2v) is 6.02. The molecule has 1 heterocycles. The minimum Gasteiger partial charge on any atom is -0.380 e. The smallest absolute Gasteiger partial charge is 0.227 e. The van der Waals surface area contributed by atoms with Crippen LogP contribution in [-0.4, -0.2) is 18.5 Å². The molecule has 3 heteroatoms. The Hall–Kier alpha value is -1.51. The van der Waals surface area contributed by atoms with E-state index < -0.39 is 0 Å². The standard InChI is InChI=1S/C17H24N2O/c1-2-13-7-5-9-14(13)18-15-8-3-4-10-16(15)19-12-6-11-17(19)20/h3-4,8,10,13-14,18H,2,5-7,9,11-12H2,1H3. The Balaban J connectivity index is 1.81. The van der Waals surface area contributed by atoms with E-state index in [4.69, 9.17) is 0 Å². The summed E-state index contributed by atoms with van der Waals surface area (Å²) in [7, 11) is 0. The number of carbonyl (C=O) groups excluding carboxylic acids is 1. The number of rotatable bonds is 4. The van der Waals surface area contributed by atoms with Crippen LogP contribution in [-0.2, 0) is 4.79 Å². The minimum absolute atomic E-state index is 0.262. The highest BCUT2D eigenvalue weighted by Crippen LogP contribution is 2.35. The summed E-state index contributed by atoms with van der Waals surface area (Å²) in [6.45, 7) is 3.14. The van der Waals surface area contributed by atoms with Gasteiger partial charge in [-0.2, -0.15) is 0 Å². The van der Waals surface area contributed by atoms with Crippen molar-refractivity contribution in [1.82, 2.24) is 0 Å². The van der Waals surface area contributed by atoms with Gasteiger partial charge >= 0.3 is 0 Å². The third-order valence-electron chi connectivity index (χ3n) is 4.79. The summed E-state index contributed by atoms with van der Waals surface area (Å²) in [5.41, 5.74) is 2.20. The van der Waals surface area contributed by atoms with Crippen molar-refractivity contribution in [3.05, 3.63) is 24.3 Å². The molecule has 0 spiro atoms. The van der Waals surface area contributed by atoms with Crippen molar-refractivity contribution in [2.24, 2.45) is 5.92 Å². The highest BCUT2D eigenvalue weighted by molar-refractivity contribution is 5.98. The maximum atomic E-state index is 12.0. The fraction of sp³-hybridized carbons (Fsp3) is 0.588. The number of nitrogens with zero attached hydrogens (tertiary/aromatic N) is 1. The van der Waals surface area contributed by atoms with Gasteiger partial charge in [-0.1, -0.05) is 31.9 Å². The van der Waals surface area contributed by atoms with Crippen molar-refractivity contribution in [2.45, 2.75) is 51.5 Å². The van der Waals surface area contributed by atoms with Gasteiger partial charge < -0.3 is 10.2 Å². The van der Waals surface area contributed by atoms with E-state index in [1.54, 1.807) is 0 Å². The summed E-state index contributed by atoms with van der Waals surface area (Å²) in [4.78, 5) is 13.9. The molecule has 2 fully saturated rings. The SMILES string of the molecule is CCC1CCCC1Nc1ccccc1N1CCCC1=O. The monoisotopic (exact) mass is 272 g/mol. The molecule has 1 amide bonds. The summed E-state index contributed by atoms with van der Waals surface area (Å²) in [6, 6.07) is 8.84. The zero-order valence-electron chi connectivity index (χ0n) is 12.3. The average molecular weight is 272 g/mol. The molecule has 0 bridgehead atoms. The molecule has 2 atom stereocenters. The molecule has 1 aliphatic carbocycles. The third kappa shape index (κ3) is 2.54. The molecule has 1 N–H and O–H groups in total. The minimum atomic E-state index is 0.262. The fourth-order valence-corrected chi connectivity index (χ4v) is 3.65. The number of anilines is 2. The lowest BCUT2D eigenvalue weighted by atomic mass is 10.0. The quantitative estimate of drug-likeness (QED) is 0.904. The Morgan fingerprint density at radius 2 is 2.10 bits per heavy atom. The van der Waals surface area contributed by atoms with E-state index in [0.29, 0.717) is 12.5 Å². The zero-order chi connectivity index (χ0) is 13.9. The summed E-state index contributed by atoms with van der Waals surface area (Å²) < 4.78 is 0. The van der Waals surface area contributed by atoms with E-state index in [0.717, 1.165) is 30.3 Å². The predicted octanol–water partition coefficient (Wildman–Crippen LogP) is 3.80. The van der Waals surface area contributed by atoms with Gasteiger partial charge in [0, 0.05) is 19.0 Å². The van der Waals surface area contributed by atoms with Crippen LogP contribution in [0, 0.1) is 5.92 Å². The number of carbonyl (C=O) groups is 1. The highest BCUT2D eigenvalue weighted by Gasteiger charge is 2.28. The van der Waals surface area contributed by atoms with Gasteiger partial charge in [-0.15, -0.1) is 0 Å². The second kappa shape index (κ2) is 5.86. The maximum Gasteiger partial charge on any atom is 0.227 e. The Bertz CT molecular complexity index is 486. The molecule has 108 valence electrons. The highest BCUT2D eigenvalue weighted by atomic mass is 16.2. The first-order chi connectivity index (χ1) is 9.79. The van der Waals surface area contributed by atoms with Gasteiger partial charge in [0.05, 0.1) is 11.4 Å². The molecule has 0 aromatic heterocycles. The molecule has 0 radical (unpaired) electrons. The molecule has 2 aliphatic rings. The van der Waals surface area contributed by atoms with Crippen molar-refractivity contribution in [3.63, 3.8) is 0 Å². The lowest BCUT2D eigenvalue weighted by Crippen LogP contribution is -2.28. The lowest BCUT2D eigenvalue weighted by Gasteiger charge is -2.25. The summed E-state index contributed by atoms with van der Waals surface area (Å²) in [5, 5.41) is 3.71. The number of hydrogen-bond acceptors (Lipinski definition) is 2. The predicted molar refractivity (Wildman–Crippen MR) is 83.1 cm³/mol. The van der Waals surface area contributed by atoms with Gasteiger partial charge in [0.15, 0.2) is 0 Å². The number of para-hydroxylation sites is 2. The largest absolute Gasteiger partial charge is 0.380 e. The van der Waals surface area contributed by atoms with Crippen LogP contribution in [0.15, 0.2) is 24.3 Å². The van der Waals surface area contributed by atoms with Crippen LogP contribution in [0.25, 0.3) is 0 Å². The van der Waals surface area contributed by atoms with Gasteiger partial charge in [0.25, 0.3) is 0 Å². The molecule has 1 saturated carbocycles. The van der Waals surface area contributed by atoms with Crippen LogP contribution in [0.3, 0.4) is 0 Å². The van der Waals surface area contributed by atoms with Gasteiger partial charge in [-0.3, -0.25) is 4.79 Å². The first-order valence-electron chi connectivity index (χ1n) is 7.95. The normalized spacial score (nSPS) is 26.2. The van der Waals surface area contributed by atoms with E-state index in [9.17, 15) is 4.79 Å². The fourth-order valence-electron chi connectivity index (χ4n) is 3.65. The second-order valence-electron chi connectivity index (χ2n) is 6.02. The summed E-state index contributed by atoms with van der Waals surface area (Å²) >= 11 is 0. The third-order valence-corrected chi connectivity index (χ3v) is 4.79. The van der Waals surface area contributed by atoms with Crippen LogP contribution >= 0.6 is 0 Å². The molecule has 20 heavy (non-hydrogen) atoms. The van der Waals surface area contributed by atoms with Crippen molar-refractivity contribution in [2.75, 3.05) is 16.8 Å². The molecule has 3 nitrogen and oxygen atoms in total. The number of nitrogens with one attached hydrogen (secondary N) is 1. The first-order valence-corrected chi connectivity index (χ1v) is 7.95. The van der Waals surface area contributed by atoms with Crippen molar-refractivity contribution >= 4 is 17.3 Å². The van der Waals surface area contributed by atoms with Crippen molar-refractivity contribution in [1.29, 1.82) is 0 Å². The van der Waals surface area contributed by atoms with E-state index in [-0.39, 0.29) is 5.91 Å². The lowest BCUT2D eigenvalue weighted by molar-refractivity contribution is -0.117. The van der Waals surface area contributed by atoms with Crippen LogP contribution in [0.1, 0.15) is 45.4 Å². The Morgan fingerprint density at radius 3 is 2.85 bits per heavy atom. The van der Waals surface area contributed by atoms with Gasteiger partial charge in [-0.05, 0) is 37.3 Å². The molecule has 2 unspecified atom stereocenters.